The summed E-state index contributed by atoms with van der Waals surface area (Å²) >= 11 is 2.00. The minimum absolute atomic E-state index is 0.558. The van der Waals surface area contributed by atoms with E-state index in [4.69, 9.17) is 4.99 Å². The average molecular weight is 295 g/mol. The van der Waals surface area contributed by atoms with Crippen molar-refractivity contribution >= 4 is 16.9 Å². The summed E-state index contributed by atoms with van der Waals surface area (Å²) in [6.07, 6.45) is 14.3. The lowest BCUT2D eigenvalue weighted by atomic mass is 9.75. The molecule has 1 N–H and O–H groups in total. The molecule has 2 aliphatic carbocycles. The van der Waals surface area contributed by atoms with Crippen LogP contribution < -0.4 is 5.32 Å². The second kappa shape index (κ2) is 6.72. The lowest BCUT2D eigenvalue weighted by Gasteiger charge is -2.39. The molecule has 0 radical (unpaired) electrons. The van der Waals surface area contributed by atoms with Gasteiger partial charge in [-0.3, -0.25) is 4.99 Å². The summed E-state index contributed by atoms with van der Waals surface area (Å²) in [5.41, 5.74) is 0.558. The van der Waals surface area contributed by atoms with Crippen molar-refractivity contribution < 1.29 is 0 Å². The van der Waals surface area contributed by atoms with Crippen molar-refractivity contribution in [2.24, 2.45) is 16.3 Å². The van der Waals surface area contributed by atoms with Gasteiger partial charge in [0.25, 0.3) is 0 Å². The number of amidine groups is 1. The van der Waals surface area contributed by atoms with Crippen molar-refractivity contribution in [1.82, 2.24) is 5.32 Å². The fraction of sp³-hybridized carbons (Fsp3) is 0.941. The maximum atomic E-state index is 4.91. The van der Waals surface area contributed by atoms with Crippen LogP contribution in [-0.2, 0) is 0 Å². The van der Waals surface area contributed by atoms with Gasteiger partial charge >= 0.3 is 0 Å². The summed E-state index contributed by atoms with van der Waals surface area (Å²) in [6.45, 7) is 3.45. The van der Waals surface area contributed by atoms with Gasteiger partial charge in [0.1, 0.15) is 0 Å². The van der Waals surface area contributed by atoms with Crippen molar-refractivity contribution in [1.29, 1.82) is 0 Å². The minimum atomic E-state index is 0.558. The zero-order valence-corrected chi connectivity index (χ0v) is 13.8. The van der Waals surface area contributed by atoms with Gasteiger partial charge in [-0.2, -0.15) is 0 Å². The van der Waals surface area contributed by atoms with Gasteiger partial charge in [0.2, 0.25) is 0 Å². The topological polar surface area (TPSA) is 24.4 Å². The Morgan fingerprint density at radius 2 is 1.80 bits per heavy atom. The third-order valence-corrected chi connectivity index (χ3v) is 6.97. The van der Waals surface area contributed by atoms with Crippen molar-refractivity contribution in [3.8, 4) is 0 Å². The van der Waals surface area contributed by atoms with E-state index in [0.717, 1.165) is 12.5 Å². The summed E-state index contributed by atoms with van der Waals surface area (Å²) in [6, 6.07) is 0.613. The molecule has 0 aromatic heterocycles. The van der Waals surface area contributed by atoms with Gasteiger partial charge in [-0.25, -0.2) is 0 Å². The zero-order chi connectivity index (χ0) is 13.8. The van der Waals surface area contributed by atoms with Gasteiger partial charge in [-0.05, 0) is 43.9 Å². The van der Waals surface area contributed by atoms with E-state index < -0.39 is 0 Å². The predicted molar refractivity (Wildman–Crippen MR) is 89.5 cm³/mol. The first-order chi connectivity index (χ1) is 9.77. The van der Waals surface area contributed by atoms with Gasteiger partial charge in [-0.15, -0.1) is 0 Å². The van der Waals surface area contributed by atoms with E-state index in [1.54, 1.807) is 0 Å². The number of hydrogen-bond acceptors (Lipinski definition) is 3. The van der Waals surface area contributed by atoms with Crippen LogP contribution in [0.5, 0.6) is 0 Å². The first-order valence-electron chi connectivity index (χ1n) is 8.71. The Balaban J connectivity index is 1.51. The molecule has 1 heterocycles. The van der Waals surface area contributed by atoms with Crippen molar-refractivity contribution in [3.63, 3.8) is 0 Å². The van der Waals surface area contributed by atoms with E-state index in [1.807, 2.05) is 11.8 Å². The van der Waals surface area contributed by atoms with E-state index in [-0.39, 0.29) is 0 Å². The van der Waals surface area contributed by atoms with Crippen LogP contribution in [0.1, 0.15) is 71.1 Å². The third-order valence-electron chi connectivity index (χ3n) is 5.70. The number of aliphatic imine (C=N–C) groups is 1. The van der Waals surface area contributed by atoms with Gasteiger partial charge in [0.05, 0.1) is 0 Å². The van der Waals surface area contributed by atoms with E-state index in [0.29, 0.717) is 11.5 Å². The Hall–Kier alpha value is -0.180. The van der Waals surface area contributed by atoms with E-state index in [1.165, 1.54) is 75.1 Å². The lowest BCUT2D eigenvalue weighted by molar-refractivity contribution is 0.232. The maximum Gasteiger partial charge on any atom is 0.156 e. The molecule has 2 saturated carbocycles. The molecule has 0 aromatic rings. The molecule has 3 aliphatic rings. The normalized spacial score (nSPS) is 28.9. The lowest BCUT2D eigenvalue weighted by Crippen LogP contribution is -2.42. The molecule has 0 aromatic carbocycles. The van der Waals surface area contributed by atoms with Crippen LogP contribution >= 0.6 is 11.8 Å². The van der Waals surface area contributed by atoms with Gasteiger partial charge in [-0.1, -0.05) is 50.3 Å². The second-order valence-electron chi connectivity index (χ2n) is 7.30. The van der Waals surface area contributed by atoms with Crippen LogP contribution in [0.3, 0.4) is 0 Å². The highest BCUT2D eigenvalue weighted by molar-refractivity contribution is 8.13. The number of thioether (sulfide) groups is 1. The van der Waals surface area contributed by atoms with Crippen molar-refractivity contribution in [2.75, 3.05) is 12.3 Å². The van der Waals surface area contributed by atoms with Crippen molar-refractivity contribution in [2.45, 2.75) is 77.2 Å². The monoisotopic (exact) mass is 294 g/mol. The highest BCUT2D eigenvalue weighted by Gasteiger charge is 2.35. The predicted octanol–water partition coefficient (Wildman–Crippen LogP) is 4.60. The summed E-state index contributed by atoms with van der Waals surface area (Å²) in [5.74, 6) is 2.17. The SMILES string of the molecule is CC(NC1=NCC2(CCCCC2)CS1)C1CCCCC1. The summed E-state index contributed by atoms with van der Waals surface area (Å²) in [7, 11) is 0. The second-order valence-corrected chi connectivity index (χ2v) is 8.27. The van der Waals surface area contributed by atoms with E-state index in [2.05, 4.69) is 12.2 Å². The van der Waals surface area contributed by atoms with Crippen LogP contribution in [0.15, 0.2) is 4.99 Å². The Labute approximate surface area is 128 Å². The molecule has 2 nitrogen and oxygen atoms in total. The minimum Gasteiger partial charge on any atom is -0.362 e. The van der Waals surface area contributed by atoms with Crippen LogP contribution in [0.4, 0.5) is 0 Å². The third kappa shape index (κ3) is 3.52. The number of nitrogens with zero attached hydrogens (tertiary/aromatic N) is 1. The molecule has 1 atom stereocenters. The average Bonchev–Trinajstić information content (AvgIpc) is 2.52. The molecule has 3 heteroatoms. The first-order valence-corrected chi connectivity index (χ1v) is 9.70. The number of nitrogens with one attached hydrogen (secondary N) is 1. The highest BCUT2D eigenvalue weighted by Crippen LogP contribution is 2.41. The van der Waals surface area contributed by atoms with Crippen LogP contribution in [-0.4, -0.2) is 23.5 Å². The maximum absolute atomic E-state index is 4.91. The van der Waals surface area contributed by atoms with Crippen LogP contribution in [0.2, 0.25) is 0 Å². The van der Waals surface area contributed by atoms with Gasteiger partial charge in [0, 0.05) is 18.3 Å². The molecule has 114 valence electrons. The molecule has 0 bridgehead atoms. The summed E-state index contributed by atoms with van der Waals surface area (Å²) in [5, 5.41) is 4.96. The van der Waals surface area contributed by atoms with Gasteiger partial charge < -0.3 is 5.32 Å². The van der Waals surface area contributed by atoms with Crippen LogP contribution in [0.25, 0.3) is 0 Å². The fourth-order valence-electron chi connectivity index (χ4n) is 4.19. The smallest absolute Gasteiger partial charge is 0.156 e. The Morgan fingerprint density at radius 3 is 2.45 bits per heavy atom. The molecule has 0 saturated heterocycles. The van der Waals surface area contributed by atoms with E-state index in [9.17, 15) is 0 Å². The molecule has 20 heavy (non-hydrogen) atoms. The molecular weight excluding hydrogens is 264 g/mol. The largest absolute Gasteiger partial charge is 0.362 e. The van der Waals surface area contributed by atoms with Crippen LogP contribution in [0, 0.1) is 11.3 Å². The number of hydrogen-bond donors (Lipinski definition) is 1. The molecular formula is C17H30N2S. The van der Waals surface area contributed by atoms with E-state index >= 15 is 0 Å². The summed E-state index contributed by atoms with van der Waals surface area (Å²) < 4.78 is 0. The molecule has 1 spiro atoms. The van der Waals surface area contributed by atoms with Crippen molar-refractivity contribution in [3.05, 3.63) is 0 Å². The number of rotatable bonds is 2. The Kier molecular flexibility index (Phi) is 4.95. The highest BCUT2D eigenvalue weighted by atomic mass is 32.2. The van der Waals surface area contributed by atoms with Gasteiger partial charge in [0.15, 0.2) is 5.17 Å². The molecule has 1 unspecified atom stereocenters. The molecule has 0 amide bonds. The first kappa shape index (κ1) is 14.7. The quantitative estimate of drug-likeness (QED) is 0.805. The Bertz CT molecular complexity index is 341. The molecule has 2 fully saturated rings. The Morgan fingerprint density at radius 1 is 1.10 bits per heavy atom. The molecule has 1 aliphatic heterocycles. The zero-order valence-electron chi connectivity index (χ0n) is 13.0. The molecule has 3 rings (SSSR count). The summed E-state index contributed by atoms with van der Waals surface area (Å²) in [4.78, 5) is 4.91. The standard InChI is InChI=1S/C17H30N2S/c1-14(15-8-4-2-5-9-15)19-16-18-12-17(13-20-16)10-6-3-7-11-17/h14-15H,2-13H2,1H3,(H,18,19). The fourth-order valence-corrected chi connectivity index (χ4v) is 5.44.